The van der Waals surface area contributed by atoms with E-state index in [0.29, 0.717) is 17.9 Å². The number of carbonyl (C=O) groups is 2. The van der Waals surface area contributed by atoms with Crippen LogP contribution in [-0.4, -0.2) is 47.8 Å². The van der Waals surface area contributed by atoms with Crippen molar-refractivity contribution in [3.8, 4) is 33.8 Å². The smallest absolute Gasteiger partial charge is 0.472 e. The third-order valence-corrected chi connectivity index (χ3v) is 7.50. The van der Waals surface area contributed by atoms with Gasteiger partial charge in [-0.2, -0.15) is 0 Å². The molecule has 1 unspecified atom stereocenters. The second-order valence-corrected chi connectivity index (χ2v) is 11.2. The van der Waals surface area contributed by atoms with Crippen molar-refractivity contribution in [1.29, 1.82) is 0 Å². The van der Waals surface area contributed by atoms with Crippen LogP contribution in [0, 0.1) is 0 Å². The molecule has 0 saturated heterocycles. The normalized spacial score (nSPS) is 13.0. The number of carboxylic acid groups (broad SMARTS) is 1. The number of aryl methyl sites for hydroxylation is 1. The van der Waals surface area contributed by atoms with Gasteiger partial charge in [-0.05, 0) is 52.4 Å². The second kappa shape index (κ2) is 16.0. The Bertz CT molecular complexity index is 1560. The van der Waals surface area contributed by atoms with Gasteiger partial charge < -0.3 is 25.2 Å². The SMILES string of the molecule is N[C@@H](COP(=O)(O)OCCCOC(=O)CCc1ccccc1Oc1ccc(-c2ccc(-c3ccccc3)cc2)cc1)C(=O)O. The molecule has 0 spiro atoms. The first kappa shape index (κ1) is 32.6. The van der Waals surface area contributed by atoms with Gasteiger partial charge in [0.2, 0.25) is 0 Å². The van der Waals surface area contributed by atoms with E-state index in [2.05, 4.69) is 40.9 Å². The summed E-state index contributed by atoms with van der Waals surface area (Å²) in [4.78, 5) is 32.5. The Hall–Kier alpha value is -4.31. The zero-order chi connectivity index (χ0) is 31.4. The maximum atomic E-state index is 12.3. The number of phosphoric acid groups is 1. The maximum absolute atomic E-state index is 12.3. The molecule has 2 atom stereocenters. The van der Waals surface area contributed by atoms with Crippen molar-refractivity contribution >= 4 is 19.8 Å². The Morgan fingerprint density at radius 2 is 1.32 bits per heavy atom. The molecule has 0 bridgehead atoms. The number of aliphatic carboxylic acids is 1. The van der Waals surface area contributed by atoms with Crippen molar-refractivity contribution in [3.63, 3.8) is 0 Å². The van der Waals surface area contributed by atoms with E-state index in [1.54, 1.807) is 0 Å². The minimum atomic E-state index is -4.47. The number of hydrogen-bond donors (Lipinski definition) is 3. The van der Waals surface area contributed by atoms with E-state index in [0.717, 1.165) is 22.3 Å². The van der Waals surface area contributed by atoms with Crippen LogP contribution < -0.4 is 10.5 Å². The molecule has 11 heteroatoms. The fraction of sp³-hybridized carbons (Fsp3) is 0.212. The number of nitrogens with two attached hydrogens (primary N) is 1. The van der Waals surface area contributed by atoms with Crippen molar-refractivity contribution in [2.24, 2.45) is 5.73 Å². The van der Waals surface area contributed by atoms with E-state index >= 15 is 0 Å². The standard InChI is InChI=1S/C33H34NO9P/c34-30(33(36)37)23-42-44(38,39)41-22-6-21-40-32(35)20-17-28-9-4-5-10-31(28)43-29-18-15-27(16-19-29)26-13-11-25(12-14-26)24-7-2-1-3-8-24/h1-5,7-16,18-19,30H,6,17,20-23,34H2,(H,36,37)(H,38,39)/t30-/m0/s1. The summed E-state index contributed by atoms with van der Waals surface area (Å²) in [6.45, 7) is -0.955. The number of para-hydroxylation sites is 1. The van der Waals surface area contributed by atoms with Crippen LogP contribution in [0.25, 0.3) is 22.3 Å². The molecule has 230 valence electrons. The molecule has 44 heavy (non-hydrogen) atoms. The second-order valence-electron chi connectivity index (χ2n) is 9.79. The van der Waals surface area contributed by atoms with Crippen LogP contribution in [-0.2, 0) is 34.4 Å². The molecule has 0 heterocycles. The first-order valence-electron chi connectivity index (χ1n) is 14.0. The molecular formula is C33H34NO9P. The summed E-state index contributed by atoms with van der Waals surface area (Å²) in [6.07, 6.45) is 0.631. The van der Waals surface area contributed by atoms with Crippen LogP contribution >= 0.6 is 7.82 Å². The van der Waals surface area contributed by atoms with Crippen molar-refractivity contribution in [2.75, 3.05) is 19.8 Å². The minimum absolute atomic E-state index is 0.0348. The summed E-state index contributed by atoms with van der Waals surface area (Å²) in [5.41, 5.74) is 10.5. The van der Waals surface area contributed by atoms with Gasteiger partial charge in [0.1, 0.15) is 17.5 Å². The van der Waals surface area contributed by atoms with Crippen LogP contribution in [0.3, 0.4) is 0 Å². The summed E-state index contributed by atoms with van der Waals surface area (Å²) in [5.74, 6) is -0.519. The van der Waals surface area contributed by atoms with Gasteiger partial charge in [0, 0.05) is 12.8 Å². The topological polar surface area (TPSA) is 155 Å². The van der Waals surface area contributed by atoms with Gasteiger partial charge in [-0.1, -0.05) is 84.9 Å². The highest BCUT2D eigenvalue weighted by Crippen LogP contribution is 2.43. The summed E-state index contributed by atoms with van der Waals surface area (Å²) >= 11 is 0. The molecule has 4 aromatic rings. The van der Waals surface area contributed by atoms with E-state index in [4.69, 9.17) is 24.8 Å². The number of ether oxygens (including phenoxy) is 2. The fourth-order valence-electron chi connectivity index (χ4n) is 4.15. The molecule has 4 N–H and O–H groups in total. The molecule has 0 amide bonds. The number of hydrogen-bond acceptors (Lipinski definition) is 8. The van der Waals surface area contributed by atoms with Crippen LogP contribution in [0.1, 0.15) is 18.4 Å². The largest absolute Gasteiger partial charge is 0.480 e. The summed E-state index contributed by atoms with van der Waals surface area (Å²) in [5, 5.41) is 8.68. The van der Waals surface area contributed by atoms with Crippen LogP contribution in [0.15, 0.2) is 103 Å². The first-order chi connectivity index (χ1) is 21.2. The fourth-order valence-corrected chi connectivity index (χ4v) is 4.94. The highest BCUT2D eigenvalue weighted by atomic mass is 31.2. The summed E-state index contributed by atoms with van der Waals surface area (Å²) < 4.78 is 32.3. The van der Waals surface area contributed by atoms with Crippen LogP contribution in [0.5, 0.6) is 11.5 Å². The van der Waals surface area contributed by atoms with Crippen molar-refractivity contribution < 1.29 is 42.7 Å². The zero-order valence-corrected chi connectivity index (χ0v) is 24.8. The van der Waals surface area contributed by atoms with Crippen molar-refractivity contribution in [2.45, 2.75) is 25.3 Å². The predicted molar refractivity (Wildman–Crippen MR) is 165 cm³/mol. The highest BCUT2D eigenvalue weighted by molar-refractivity contribution is 7.47. The predicted octanol–water partition coefficient (Wildman–Crippen LogP) is 6.22. The molecule has 0 aliphatic rings. The molecule has 0 fully saturated rings. The van der Waals surface area contributed by atoms with Gasteiger partial charge in [-0.25, -0.2) is 4.57 Å². The van der Waals surface area contributed by atoms with Crippen LogP contribution in [0.4, 0.5) is 0 Å². The molecule has 0 radical (unpaired) electrons. The molecular weight excluding hydrogens is 585 g/mol. The molecule has 10 nitrogen and oxygen atoms in total. The zero-order valence-electron chi connectivity index (χ0n) is 23.9. The quantitative estimate of drug-likeness (QED) is 0.0747. The van der Waals surface area contributed by atoms with Gasteiger partial charge >= 0.3 is 19.8 Å². The Balaban J connectivity index is 1.21. The summed E-state index contributed by atoms with van der Waals surface area (Å²) in [7, 11) is -4.47. The molecule has 0 aliphatic carbocycles. The van der Waals surface area contributed by atoms with E-state index in [-0.39, 0.29) is 26.1 Å². The number of benzene rings is 4. The average molecular weight is 620 g/mol. The van der Waals surface area contributed by atoms with Crippen LogP contribution in [0.2, 0.25) is 0 Å². The Kier molecular flexibility index (Phi) is 11.8. The van der Waals surface area contributed by atoms with E-state index < -0.39 is 32.4 Å². The Morgan fingerprint density at radius 1 is 0.750 bits per heavy atom. The lowest BCUT2D eigenvalue weighted by molar-refractivity contribution is -0.143. The number of phosphoric ester groups is 1. The van der Waals surface area contributed by atoms with Crippen molar-refractivity contribution in [1.82, 2.24) is 0 Å². The van der Waals surface area contributed by atoms with Gasteiger partial charge in [-0.15, -0.1) is 0 Å². The Morgan fingerprint density at radius 3 is 1.95 bits per heavy atom. The van der Waals surface area contributed by atoms with Crippen molar-refractivity contribution in [3.05, 3.63) is 109 Å². The monoisotopic (exact) mass is 619 g/mol. The van der Waals surface area contributed by atoms with Gasteiger partial charge in [-0.3, -0.25) is 18.6 Å². The number of esters is 1. The van der Waals surface area contributed by atoms with Gasteiger partial charge in [0.05, 0.1) is 19.8 Å². The lowest BCUT2D eigenvalue weighted by Crippen LogP contribution is -2.34. The summed E-state index contributed by atoms with van der Waals surface area (Å²) in [6, 6.07) is 32.4. The molecule has 0 aromatic heterocycles. The lowest BCUT2D eigenvalue weighted by atomic mass is 10.0. The van der Waals surface area contributed by atoms with Gasteiger partial charge in [0.15, 0.2) is 0 Å². The van der Waals surface area contributed by atoms with E-state index in [1.807, 2.05) is 66.7 Å². The third kappa shape index (κ3) is 10.2. The molecule has 0 aliphatic heterocycles. The third-order valence-electron chi connectivity index (χ3n) is 6.52. The maximum Gasteiger partial charge on any atom is 0.472 e. The average Bonchev–Trinajstić information content (AvgIpc) is 3.04. The first-order valence-corrected chi connectivity index (χ1v) is 15.5. The lowest BCUT2D eigenvalue weighted by Gasteiger charge is -2.14. The van der Waals surface area contributed by atoms with Gasteiger partial charge in [0.25, 0.3) is 0 Å². The highest BCUT2D eigenvalue weighted by Gasteiger charge is 2.24. The molecule has 4 aromatic carbocycles. The minimum Gasteiger partial charge on any atom is -0.480 e. The van der Waals surface area contributed by atoms with E-state index in [9.17, 15) is 19.0 Å². The molecule has 4 rings (SSSR count). The number of carboxylic acids is 1. The van der Waals surface area contributed by atoms with E-state index in [1.165, 1.54) is 5.56 Å². The Labute approximate surface area is 255 Å². The number of rotatable bonds is 16. The number of carbonyl (C=O) groups excluding carboxylic acids is 1. The molecule has 0 saturated carbocycles.